The Morgan fingerprint density at radius 1 is 0.917 bits per heavy atom. The molecule has 0 aliphatic heterocycles. The van der Waals surface area contributed by atoms with E-state index in [1.165, 1.54) is 0 Å². The molecule has 6 heteroatoms. The van der Waals surface area contributed by atoms with Gasteiger partial charge in [-0.2, -0.15) is 0 Å². The molecule has 0 radical (unpaired) electrons. The monoisotopic (exact) mass is 398 g/mol. The highest BCUT2D eigenvalue weighted by atomic mass is 35.5. The van der Waals surface area contributed by atoms with Crippen LogP contribution in [0.25, 0.3) is 11.3 Å². The smallest absolute Gasteiger partial charge is 0.111 e. The zero-order valence-corrected chi connectivity index (χ0v) is 15.9. The van der Waals surface area contributed by atoms with Crippen molar-refractivity contribution in [3.63, 3.8) is 0 Å². The molecular weight excluding hydrogens is 386 g/mol. The highest BCUT2D eigenvalue weighted by molar-refractivity contribution is 6.42. The van der Waals surface area contributed by atoms with Crippen LogP contribution in [0.2, 0.25) is 20.1 Å². The Morgan fingerprint density at radius 3 is 2.38 bits per heavy atom. The van der Waals surface area contributed by atoms with E-state index in [1.54, 1.807) is 12.1 Å². The average molecular weight is 400 g/mol. The number of H-pyrrole nitrogens is 1. The van der Waals surface area contributed by atoms with E-state index in [9.17, 15) is 0 Å². The van der Waals surface area contributed by atoms with E-state index in [4.69, 9.17) is 51.4 Å². The highest BCUT2D eigenvalue weighted by Crippen LogP contribution is 2.32. The van der Waals surface area contributed by atoms with Gasteiger partial charge in [0, 0.05) is 22.7 Å². The van der Waals surface area contributed by atoms with Gasteiger partial charge in [-0.1, -0.05) is 59.4 Å². The second-order valence-corrected chi connectivity index (χ2v) is 7.07. The van der Waals surface area contributed by atoms with Crippen LogP contribution in [0, 0.1) is 0 Å². The van der Waals surface area contributed by atoms with Crippen LogP contribution in [-0.2, 0) is 12.8 Å². The van der Waals surface area contributed by atoms with Crippen molar-refractivity contribution >= 4 is 46.4 Å². The molecule has 0 aliphatic carbocycles. The number of benzene rings is 2. The van der Waals surface area contributed by atoms with E-state index >= 15 is 0 Å². The van der Waals surface area contributed by atoms with E-state index in [1.807, 2.05) is 24.3 Å². The van der Waals surface area contributed by atoms with E-state index in [-0.39, 0.29) is 0 Å². The summed E-state index contributed by atoms with van der Waals surface area (Å²) in [7, 11) is 0. The molecule has 2 nitrogen and oxygen atoms in total. The van der Waals surface area contributed by atoms with Gasteiger partial charge < -0.3 is 4.98 Å². The summed E-state index contributed by atoms with van der Waals surface area (Å²) in [4.78, 5) is 8.11. The molecular formula is C18H14Cl4N2. The summed E-state index contributed by atoms with van der Waals surface area (Å²) < 4.78 is 0. The van der Waals surface area contributed by atoms with Gasteiger partial charge in [-0.15, -0.1) is 0 Å². The molecule has 0 saturated heterocycles. The lowest BCUT2D eigenvalue weighted by Gasteiger charge is -2.03. The molecule has 124 valence electrons. The van der Waals surface area contributed by atoms with Crippen molar-refractivity contribution in [2.75, 3.05) is 0 Å². The molecule has 2 aromatic carbocycles. The van der Waals surface area contributed by atoms with Gasteiger partial charge in [-0.05, 0) is 42.3 Å². The van der Waals surface area contributed by atoms with Crippen molar-refractivity contribution < 1.29 is 0 Å². The Morgan fingerprint density at radius 2 is 1.71 bits per heavy atom. The van der Waals surface area contributed by atoms with E-state index in [0.717, 1.165) is 34.8 Å². The molecule has 1 aromatic heterocycles. The van der Waals surface area contributed by atoms with Gasteiger partial charge in [0.05, 0.1) is 20.8 Å². The SMILES string of the molecule is CCc1[nH]c(Cc2ccc(Cl)c(Cl)c2)nc1-c1ccc(Cl)cc1Cl. The van der Waals surface area contributed by atoms with Gasteiger partial charge >= 0.3 is 0 Å². The Hall–Kier alpha value is -1.19. The van der Waals surface area contributed by atoms with Crippen LogP contribution in [0.4, 0.5) is 0 Å². The topological polar surface area (TPSA) is 28.7 Å². The minimum atomic E-state index is 0.539. The Bertz CT molecular complexity index is 887. The fourth-order valence-corrected chi connectivity index (χ4v) is 3.37. The number of hydrogen-bond acceptors (Lipinski definition) is 1. The van der Waals surface area contributed by atoms with Crippen molar-refractivity contribution in [2.24, 2.45) is 0 Å². The molecule has 1 heterocycles. The van der Waals surface area contributed by atoms with Crippen LogP contribution in [0.5, 0.6) is 0 Å². The van der Waals surface area contributed by atoms with Crippen molar-refractivity contribution in [1.29, 1.82) is 0 Å². The van der Waals surface area contributed by atoms with Crippen LogP contribution in [-0.4, -0.2) is 9.97 Å². The summed E-state index contributed by atoms with van der Waals surface area (Å²) in [5.74, 6) is 0.853. The lowest BCUT2D eigenvalue weighted by atomic mass is 10.1. The third-order valence-electron chi connectivity index (χ3n) is 3.72. The van der Waals surface area contributed by atoms with Gasteiger partial charge in [0.25, 0.3) is 0 Å². The van der Waals surface area contributed by atoms with E-state index in [2.05, 4.69) is 11.9 Å². The quantitative estimate of drug-likeness (QED) is 0.510. The molecule has 24 heavy (non-hydrogen) atoms. The summed E-state index contributed by atoms with van der Waals surface area (Å²) in [6.07, 6.45) is 1.46. The summed E-state index contributed by atoms with van der Waals surface area (Å²) in [6.45, 7) is 2.07. The van der Waals surface area contributed by atoms with Crippen LogP contribution in [0.1, 0.15) is 24.0 Å². The average Bonchev–Trinajstić information content (AvgIpc) is 2.93. The number of aromatic nitrogens is 2. The minimum absolute atomic E-state index is 0.539. The van der Waals surface area contributed by atoms with E-state index < -0.39 is 0 Å². The third-order valence-corrected chi connectivity index (χ3v) is 5.01. The van der Waals surface area contributed by atoms with Gasteiger partial charge in [-0.25, -0.2) is 4.98 Å². The van der Waals surface area contributed by atoms with Crippen molar-refractivity contribution in [3.05, 3.63) is 73.6 Å². The molecule has 0 unspecified atom stereocenters. The molecule has 3 rings (SSSR count). The van der Waals surface area contributed by atoms with Gasteiger partial charge in [0.15, 0.2) is 0 Å². The second-order valence-electron chi connectivity index (χ2n) is 5.41. The fourth-order valence-electron chi connectivity index (χ4n) is 2.55. The van der Waals surface area contributed by atoms with Crippen LogP contribution >= 0.6 is 46.4 Å². The predicted octanol–water partition coefficient (Wildman–Crippen LogP) is 6.84. The standard InChI is InChI=1S/C18H14Cl4N2/c1-2-16-18(12-5-4-11(19)9-14(12)21)24-17(23-16)8-10-3-6-13(20)15(22)7-10/h3-7,9H,2,8H2,1H3,(H,23,24). The molecule has 0 spiro atoms. The lowest BCUT2D eigenvalue weighted by Crippen LogP contribution is -1.91. The van der Waals surface area contributed by atoms with Crippen LogP contribution in [0.3, 0.4) is 0 Å². The first-order valence-electron chi connectivity index (χ1n) is 7.45. The minimum Gasteiger partial charge on any atom is -0.345 e. The summed E-state index contributed by atoms with van der Waals surface area (Å²) in [6, 6.07) is 11.0. The number of aromatic amines is 1. The molecule has 0 atom stereocenters. The van der Waals surface area contributed by atoms with Gasteiger partial charge in [-0.3, -0.25) is 0 Å². The third kappa shape index (κ3) is 3.73. The lowest BCUT2D eigenvalue weighted by molar-refractivity contribution is 0.988. The van der Waals surface area contributed by atoms with E-state index in [0.29, 0.717) is 26.5 Å². The zero-order valence-electron chi connectivity index (χ0n) is 12.8. The first-order valence-corrected chi connectivity index (χ1v) is 8.96. The molecule has 0 amide bonds. The Balaban J connectivity index is 1.96. The number of imidazole rings is 1. The first kappa shape index (κ1) is 17.6. The number of rotatable bonds is 4. The fraction of sp³-hybridized carbons (Fsp3) is 0.167. The van der Waals surface area contributed by atoms with Crippen molar-refractivity contribution in [3.8, 4) is 11.3 Å². The number of hydrogen-bond donors (Lipinski definition) is 1. The maximum Gasteiger partial charge on any atom is 0.111 e. The molecule has 0 aliphatic rings. The predicted molar refractivity (Wildman–Crippen MR) is 103 cm³/mol. The maximum absolute atomic E-state index is 6.33. The zero-order chi connectivity index (χ0) is 17.3. The number of aryl methyl sites for hydroxylation is 1. The number of halogens is 4. The second kappa shape index (κ2) is 7.37. The van der Waals surface area contributed by atoms with Gasteiger partial charge in [0.1, 0.15) is 5.82 Å². The highest BCUT2D eigenvalue weighted by Gasteiger charge is 2.14. The molecule has 0 saturated carbocycles. The molecule has 0 bridgehead atoms. The largest absolute Gasteiger partial charge is 0.345 e. The summed E-state index contributed by atoms with van der Waals surface area (Å²) in [5.41, 5.74) is 3.80. The normalized spacial score (nSPS) is 11.0. The molecule has 3 aromatic rings. The van der Waals surface area contributed by atoms with Crippen molar-refractivity contribution in [1.82, 2.24) is 9.97 Å². The number of nitrogens with one attached hydrogen (secondary N) is 1. The Labute approximate surface area is 160 Å². The summed E-state index contributed by atoms with van der Waals surface area (Å²) >= 11 is 24.4. The molecule has 0 fully saturated rings. The van der Waals surface area contributed by atoms with Gasteiger partial charge in [0.2, 0.25) is 0 Å². The van der Waals surface area contributed by atoms with Crippen LogP contribution in [0.15, 0.2) is 36.4 Å². The summed E-state index contributed by atoms with van der Waals surface area (Å²) in [5, 5.41) is 2.28. The number of nitrogens with zero attached hydrogens (tertiary/aromatic N) is 1. The first-order chi connectivity index (χ1) is 11.5. The van der Waals surface area contributed by atoms with Crippen molar-refractivity contribution in [2.45, 2.75) is 19.8 Å². The maximum atomic E-state index is 6.33. The van der Waals surface area contributed by atoms with Crippen LogP contribution < -0.4 is 0 Å². The molecule has 1 N–H and O–H groups in total. The Kier molecular flexibility index (Phi) is 5.41.